The fourth-order valence-corrected chi connectivity index (χ4v) is 0. The second-order valence-corrected chi connectivity index (χ2v) is 0. The standard InChI is InChI=1S/7CH4.12H2/h7*1H4;12*1H/i;;;;;;;9*1+2T;3*1+2. The third-order valence-corrected chi connectivity index (χ3v) is 0. The Bertz CT molecular complexity index is 22.7. The molecule has 0 aliphatic carbocycles. The molecule has 0 rings (SSSR count). The Morgan fingerprint density at radius 2 is 0.429 bits per heavy atom. The number of hydrogen-bond acceptors (Lipinski definition) is 0. The van der Waals surface area contributed by atoms with Crippen LogP contribution in [-0.4, -0.2) is 0 Å². The van der Waals surface area contributed by atoms with Crippen LogP contribution in [0.4, 0.5) is 0 Å². The fraction of sp³-hybridized carbons (Fsp3) is 1.00. The smallest absolute Gasteiger partial charge is 0 e. The van der Waals surface area contributed by atoms with Gasteiger partial charge in [-0.25, -0.2) is 0 Å². The van der Waals surface area contributed by atoms with Gasteiger partial charge in [0.2, 0.25) is 0 Å². The summed E-state index contributed by atoms with van der Waals surface area (Å²) >= 11 is 0. The van der Waals surface area contributed by atoms with Crippen LogP contribution in [0.25, 0.3) is 0 Å². The first-order valence-corrected chi connectivity index (χ1v) is 0. The van der Waals surface area contributed by atoms with E-state index in [9.17, 15) is 0 Å². The van der Waals surface area contributed by atoms with E-state index in [-0.39, 0.29) is 56.3 Å². The van der Waals surface area contributed by atoms with Gasteiger partial charge in [0.25, 0.3) is 0 Å². The lowest BCUT2D eigenvalue weighted by molar-refractivity contribution is 2.50. The summed E-state index contributed by atoms with van der Waals surface area (Å²) in [6.45, 7) is 0. The maximum atomic E-state index is 5.00. The molecule has 0 aromatic carbocycles. The molecule has 0 nitrogen and oxygen atoms in total. The molecule has 0 N–H and O–H groups in total. The predicted molar refractivity (Wildman–Crippen MR) is 72.5 cm³/mol. The van der Waals surface area contributed by atoms with Crippen LogP contribution < -0.4 is 0 Å². The zero-order chi connectivity index (χ0) is 18.0. The lowest BCUT2D eigenvalue weighted by Crippen LogP contribution is 0.143. The van der Waals surface area contributed by atoms with Gasteiger partial charge in [0.1, 0.15) is 0 Å². The van der Waals surface area contributed by atoms with Gasteiger partial charge in [0, 0.05) is 31.0 Å². The average molecular weight is 179 g/mol. The first-order valence-electron chi connectivity index (χ1n) is 9.00. The van der Waals surface area contributed by atoms with Crippen molar-refractivity contribution < 1.29 is 31.0 Å². The van der Waals surface area contributed by atoms with Crippen LogP contribution in [0.3, 0.4) is 0 Å². The van der Waals surface area contributed by atoms with E-state index < -0.39 is 0 Å². The molecule has 0 spiro atoms. The monoisotopic (exact) mass is 179 g/mol. The van der Waals surface area contributed by atoms with Crippen molar-refractivity contribution in [3.8, 4) is 0 Å². The third-order valence-electron chi connectivity index (χ3n) is 0. The summed E-state index contributed by atoms with van der Waals surface area (Å²) in [6.07, 6.45) is 0. The zero-order valence-electron chi connectivity index (χ0n) is 18.0. The van der Waals surface area contributed by atoms with E-state index in [1.807, 2.05) is 0 Å². The molecule has 0 heteroatoms. The van der Waals surface area contributed by atoms with Gasteiger partial charge in [-0.3, -0.25) is 0 Å². The van der Waals surface area contributed by atoms with Crippen molar-refractivity contribution in [2.75, 3.05) is 0 Å². The number of hydrogen-bond donors (Lipinski definition) is 0. The first kappa shape index (κ1) is 3.11. The van der Waals surface area contributed by atoms with E-state index in [0.717, 1.165) is 0 Å². The maximum Gasteiger partial charge on any atom is 0 e. The van der Waals surface area contributed by atoms with Gasteiger partial charge in [0.05, 0.1) is 0 Å². The van der Waals surface area contributed by atoms with Crippen LogP contribution in [0, 0.1) is 0 Å². The highest BCUT2D eigenvalue weighted by molar-refractivity contribution is 2.51. The summed E-state index contributed by atoms with van der Waals surface area (Å²) in [7, 11) is 0. The second-order valence-electron chi connectivity index (χ2n) is 0. The van der Waals surface area contributed by atoms with E-state index in [0.29, 0.717) is 0 Å². The normalized spacial score (nSPS) is 10.3. The maximum absolute atomic E-state index is 5.00. The SMILES string of the molecule is C.C.C.C.C.C.C.[3HH].[3HH].[3HH].[3H][3H].[3H][3H].[3H][3H].[3H][3H].[3H][3H].[3H][3H].[3H][3H].[3H][3H].[3H][3H]. The molecule has 0 radical (unpaired) electrons. The van der Waals surface area contributed by atoms with Crippen LogP contribution in [-0.2, 0) is 0 Å². The Kier molecular flexibility index (Phi) is 0. The Labute approximate surface area is 85.2 Å². The molecule has 0 aromatic heterocycles. The second kappa shape index (κ2) is 0. The zero-order valence-corrected chi connectivity index (χ0v) is 0. The van der Waals surface area contributed by atoms with Gasteiger partial charge in [-0.05, 0) is 0 Å². The van der Waals surface area contributed by atoms with Gasteiger partial charge in [0.15, 0.2) is 0 Å². The molecular formula is C7H52. The Morgan fingerprint density at radius 3 is 0.429 bits per heavy atom. The summed E-state index contributed by atoms with van der Waals surface area (Å²) in [5.41, 5.74) is 0. The minimum atomic E-state index is 0. The quantitative estimate of drug-likeness (QED) is 0.362. The molecule has 7 heavy (non-hydrogen) atoms. The van der Waals surface area contributed by atoms with Gasteiger partial charge >= 0.3 is 0 Å². The highest BCUT2D eigenvalue weighted by Gasteiger charge is -0.0716. The van der Waals surface area contributed by atoms with Crippen molar-refractivity contribution in [3.05, 3.63) is 0 Å². The highest BCUT2D eigenvalue weighted by atomic mass is 12.0. The number of rotatable bonds is 0. The Balaban J connectivity index is -0.00000000183. The van der Waals surface area contributed by atoms with Crippen LogP contribution in [0.15, 0.2) is 0 Å². The van der Waals surface area contributed by atoms with E-state index in [2.05, 4.69) is 0 Å². The molecule has 0 bridgehead atoms. The highest BCUT2D eigenvalue weighted by Crippen LogP contribution is 0.150. The van der Waals surface area contributed by atoms with Crippen LogP contribution in [0.1, 0.15) is 83.0 Å². The lowest BCUT2D eigenvalue weighted by atomic mass is 12.0. The molecule has 0 saturated carbocycles. The van der Waals surface area contributed by atoms with Gasteiger partial charge in [-0.15, -0.1) is 0 Å². The summed E-state index contributed by atoms with van der Waals surface area (Å²) in [4.78, 5) is 0. The van der Waals surface area contributed by atoms with Crippen molar-refractivity contribution in [1.82, 2.24) is 0 Å². The van der Waals surface area contributed by atoms with E-state index >= 15 is 0 Å². The molecule has 0 unspecified atom stereocenters. The Morgan fingerprint density at radius 1 is 0.429 bits per heavy atom. The predicted octanol–water partition coefficient (Wildman–Crippen LogP) is 7.40. The van der Waals surface area contributed by atoms with Gasteiger partial charge in [-0.1, -0.05) is 52.0 Å². The molecule has 0 saturated heterocycles. The minimum absolute atomic E-state index is 0. The van der Waals surface area contributed by atoms with Crippen molar-refractivity contribution in [1.29, 1.82) is 0 Å². The van der Waals surface area contributed by atoms with Gasteiger partial charge in [-0.2, -0.15) is 0 Å². The fourth-order valence-electron chi connectivity index (χ4n) is 0. The lowest BCUT2D eigenvalue weighted by Gasteiger charge is -0.0786. The minimum Gasteiger partial charge on any atom is -0.0776 e. The molecule has 0 fully saturated rings. The first-order chi connectivity index (χ1) is 9.00. The summed E-state index contributed by atoms with van der Waals surface area (Å²) in [6, 6.07) is 0. The molecule has 0 aliphatic heterocycles. The average Bonchev–Trinajstić information content (AvgIpc) is 2.63. The van der Waals surface area contributed by atoms with E-state index in [1.165, 1.54) is 0 Å². The van der Waals surface area contributed by atoms with Crippen molar-refractivity contribution >= 4 is 0 Å². The molecule has 0 aromatic rings. The van der Waals surface area contributed by atoms with Crippen molar-refractivity contribution in [3.63, 3.8) is 0 Å². The summed E-state index contributed by atoms with van der Waals surface area (Å²) in [5, 5.41) is 0. The molecule has 0 aliphatic rings. The van der Waals surface area contributed by atoms with Gasteiger partial charge < -0.3 is 0 Å². The largest absolute Gasteiger partial charge is 0.0776 e. The molecule has 0 amide bonds. The van der Waals surface area contributed by atoms with E-state index in [4.69, 9.17) is 26.7 Å². The molecule has 0 atom stereocenters. The Hall–Kier alpha value is 0. The topological polar surface area (TPSA) is 0 Å². The summed E-state index contributed by atoms with van der Waals surface area (Å²) < 4.78 is 90.0. The molecule has 80 valence electrons. The third kappa shape index (κ3) is 0. The summed E-state index contributed by atoms with van der Waals surface area (Å²) in [5.74, 6) is 0. The molecule has 0 heterocycles. The molecular weight excluding hydrogens is 84.1 g/mol. The van der Waals surface area contributed by atoms with Crippen LogP contribution >= 0.6 is 0 Å². The van der Waals surface area contributed by atoms with Crippen molar-refractivity contribution in [2.24, 2.45) is 0 Å². The van der Waals surface area contributed by atoms with E-state index in [1.54, 1.807) is 0 Å². The van der Waals surface area contributed by atoms with Crippen LogP contribution in [0.5, 0.6) is 0 Å². The van der Waals surface area contributed by atoms with Crippen LogP contribution in [0.2, 0.25) is 0 Å². The van der Waals surface area contributed by atoms with Crippen molar-refractivity contribution in [2.45, 2.75) is 52.0 Å².